The lowest BCUT2D eigenvalue weighted by Crippen LogP contribution is -2.57. The van der Waals surface area contributed by atoms with E-state index < -0.39 is 48.0 Å². The zero-order chi connectivity index (χ0) is 37.0. The Morgan fingerprint density at radius 1 is 1.02 bits per heavy atom. The van der Waals surface area contributed by atoms with Crippen molar-refractivity contribution < 1.29 is 38.2 Å². The van der Waals surface area contributed by atoms with E-state index in [2.05, 4.69) is 20.9 Å². The number of oxazole rings is 1. The number of likely N-dealkylation sites (N-methyl/N-ethyl adjacent to an activating group) is 1. The molecule has 1 aliphatic rings. The zero-order valence-electron chi connectivity index (χ0n) is 30.4. The van der Waals surface area contributed by atoms with E-state index in [1.54, 1.807) is 6.92 Å². The van der Waals surface area contributed by atoms with Crippen molar-refractivity contribution in [1.82, 2.24) is 25.8 Å². The molecule has 50 heavy (non-hydrogen) atoms. The second-order valence-electron chi connectivity index (χ2n) is 14.0. The minimum absolute atomic E-state index is 0.0177. The van der Waals surface area contributed by atoms with Crippen LogP contribution in [0.25, 0.3) is 0 Å². The fourth-order valence-corrected chi connectivity index (χ4v) is 6.18. The summed E-state index contributed by atoms with van der Waals surface area (Å²) < 4.78 is 11.3. The molecule has 0 unspecified atom stereocenters. The molecule has 0 radical (unpaired) electrons. The summed E-state index contributed by atoms with van der Waals surface area (Å²) in [7, 11) is 1.92. The van der Waals surface area contributed by atoms with Gasteiger partial charge in [0.2, 0.25) is 17.7 Å². The number of carbonyl (C=O) groups excluding carboxylic acids is 4. The number of amides is 3. The third-order valence-electron chi connectivity index (χ3n) is 9.52. The predicted molar refractivity (Wildman–Crippen MR) is 187 cm³/mol. The van der Waals surface area contributed by atoms with Crippen LogP contribution >= 0.6 is 0 Å². The van der Waals surface area contributed by atoms with E-state index in [9.17, 15) is 29.1 Å². The molecule has 4 N–H and O–H groups in total. The van der Waals surface area contributed by atoms with Gasteiger partial charge in [0, 0.05) is 25.4 Å². The fraction of sp³-hybridized carbons (Fsp3) is 0.622. The summed E-state index contributed by atoms with van der Waals surface area (Å²) in [5.41, 5.74) is 0.875. The molecule has 1 aliphatic heterocycles. The van der Waals surface area contributed by atoms with Crippen molar-refractivity contribution in [1.29, 1.82) is 0 Å². The molecule has 0 saturated carbocycles. The predicted octanol–water partition coefficient (Wildman–Crippen LogP) is 4.28. The fourth-order valence-electron chi connectivity index (χ4n) is 6.18. The Kier molecular flexibility index (Phi) is 15.4. The maximum absolute atomic E-state index is 13.8. The van der Waals surface area contributed by atoms with Crippen LogP contribution in [0.3, 0.4) is 0 Å². The first-order chi connectivity index (χ1) is 23.7. The minimum Gasteiger partial charge on any atom is -0.481 e. The van der Waals surface area contributed by atoms with E-state index in [1.807, 2.05) is 70.0 Å². The van der Waals surface area contributed by atoms with Crippen molar-refractivity contribution in [2.75, 3.05) is 13.6 Å². The number of ether oxygens (including phenoxy) is 1. The van der Waals surface area contributed by atoms with Gasteiger partial charge in [-0.3, -0.25) is 28.9 Å². The molecule has 1 aromatic carbocycles. The molecule has 1 fully saturated rings. The van der Waals surface area contributed by atoms with Gasteiger partial charge in [0.05, 0.1) is 12.0 Å². The normalized spacial score (nSPS) is 18.6. The van der Waals surface area contributed by atoms with Gasteiger partial charge in [0.25, 0.3) is 5.91 Å². The molecule has 0 aliphatic carbocycles. The summed E-state index contributed by atoms with van der Waals surface area (Å²) >= 11 is 0. The molecule has 1 aromatic heterocycles. The number of benzene rings is 1. The van der Waals surface area contributed by atoms with E-state index in [-0.39, 0.29) is 54.1 Å². The third-order valence-corrected chi connectivity index (χ3v) is 9.52. The number of hydrogen-bond acceptors (Lipinski definition) is 9. The van der Waals surface area contributed by atoms with Crippen LogP contribution in [0, 0.1) is 17.8 Å². The number of nitrogens with one attached hydrogen (secondary N) is 3. The van der Waals surface area contributed by atoms with E-state index in [4.69, 9.17) is 9.15 Å². The highest BCUT2D eigenvalue weighted by atomic mass is 16.6. The van der Waals surface area contributed by atoms with E-state index in [0.29, 0.717) is 12.8 Å². The molecule has 2 heterocycles. The van der Waals surface area contributed by atoms with Crippen LogP contribution < -0.4 is 16.0 Å². The summed E-state index contributed by atoms with van der Waals surface area (Å²) in [5.74, 6) is -3.59. The average molecular weight is 698 g/mol. The number of rotatable bonds is 18. The number of nitrogens with zero attached hydrogens (tertiary/aromatic N) is 2. The maximum atomic E-state index is 13.8. The quantitative estimate of drug-likeness (QED) is 0.164. The van der Waals surface area contributed by atoms with Gasteiger partial charge in [-0.15, -0.1) is 0 Å². The second kappa shape index (κ2) is 19.2. The van der Waals surface area contributed by atoms with Crippen LogP contribution in [0.1, 0.15) is 108 Å². The van der Waals surface area contributed by atoms with Gasteiger partial charge >= 0.3 is 11.9 Å². The first-order valence-electron chi connectivity index (χ1n) is 17.7. The van der Waals surface area contributed by atoms with E-state index in [0.717, 1.165) is 31.4 Å². The van der Waals surface area contributed by atoms with E-state index in [1.165, 1.54) is 13.2 Å². The van der Waals surface area contributed by atoms with Gasteiger partial charge in [-0.2, -0.15) is 0 Å². The molecular formula is C37H55N5O8. The van der Waals surface area contributed by atoms with Crippen LogP contribution in [-0.4, -0.2) is 82.4 Å². The number of esters is 1. The number of piperidine rings is 1. The van der Waals surface area contributed by atoms with Gasteiger partial charge in [-0.25, -0.2) is 4.98 Å². The maximum Gasteiger partial charge on any atom is 0.306 e. The number of likely N-dealkylation sites (tertiary alicyclic amines) is 1. The lowest BCUT2D eigenvalue weighted by Gasteiger charge is -2.34. The molecule has 0 bridgehead atoms. The van der Waals surface area contributed by atoms with Crippen LogP contribution in [0.4, 0.5) is 0 Å². The van der Waals surface area contributed by atoms with Crippen molar-refractivity contribution in [3.63, 3.8) is 0 Å². The minimum atomic E-state index is -1.03. The molecule has 276 valence electrons. The second-order valence-corrected chi connectivity index (χ2v) is 14.0. The highest BCUT2D eigenvalue weighted by Gasteiger charge is 2.35. The van der Waals surface area contributed by atoms with Crippen molar-refractivity contribution in [3.05, 3.63) is 53.7 Å². The number of aromatic nitrogens is 1. The highest BCUT2D eigenvalue weighted by Crippen LogP contribution is 2.26. The van der Waals surface area contributed by atoms with E-state index >= 15 is 0 Å². The monoisotopic (exact) mass is 697 g/mol. The Labute approximate surface area is 295 Å². The number of carbonyl (C=O) groups is 5. The first kappa shape index (κ1) is 40.2. The summed E-state index contributed by atoms with van der Waals surface area (Å²) in [6, 6.07) is 7.37. The molecular weight excluding hydrogens is 642 g/mol. The number of aliphatic carboxylic acids is 1. The Balaban J connectivity index is 1.76. The van der Waals surface area contributed by atoms with Gasteiger partial charge < -0.3 is 30.2 Å². The standard InChI is InChI=1S/C37H55N5O8/c1-8-23(4)32(41-34(45)30-16-12-13-17-42(30)7)35(46)39-28(22(2)3)20-31(50-25(6)43)36-40-29(21-49-36)33(44)38-27(18-24(5)37(47)48)19-26-14-10-9-11-15-26/h9-11,14-15,21-24,27-28,30-32H,8,12-13,16-20H2,1-7H3,(H,38,44)(H,39,46)(H,41,45)(H,47,48)/t23-,24-,27+,28+,30+,31+,32-/m0/s1. The zero-order valence-corrected chi connectivity index (χ0v) is 30.4. The molecule has 1 saturated heterocycles. The molecule has 0 spiro atoms. The van der Waals surface area contributed by atoms with Gasteiger partial charge in [-0.05, 0) is 56.7 Å². The number of hydrogen-bond donors (Lipinski definition) is 4. The topological polar surface area (TPSA) is 180 Å². The smallest absolute Gasteiger partial charge is 0.306 e. The largest absolute Gasteiger partial charge is 0.481 e. The molecule has 13 nitrogen and oxygen atoms in total. The molecule has 7 atom stereocenters. The van der Waals surface area contributed by atoms with Crippen LogP contribution in [0.15, 0.2) is 41.0 Å². The summed E-state index contributed by atoms with van der Waals surface area (Å²) in [6.07, 6.45) is 4.25. The Morgan fingerprint density at radius 2 is 1.72 bits per heavy atom. The molecule has 3 amide bonds. The Morgan fingerprint density at radius 3 is 2.32 bits per heavy atom. The van der Waals surface area contributed by atoms with Gasteiger partial charge in [-0.1, -0.05) is 77.8 Å². The molecule has 3 rings (SSSR count). The lowest BCUT2D eigenvalue weighted by atomic mass is 9.93. The van der Waals surface area contributed by atoms with Crippen molar-refractivity contribution in [2.24, 2.45) is 17.8 Å². The van der Waals surface area contributed by atoms with Crippen LogP contribution in [-0.2, 0) is 30.3 Å². The Hall–Kier alpha value is -4.26. The summed E-state index contributed by atoms with van der Waals surface area (Å²) in [4.78, 5) is 70.6. The van der Waals surface area contributed by atoms with Crippen LogP contribution in [0.2, 0.25) is 0 Å². The summed E-state index contributed by atoms with van der Waals surface area (Å²) in [5, 5.41) is 18.5. The number of carboxylic acids is 1. The van der Waals surface area contributed by atoms with Crippen molar-refractivity contribution in [3.8, 4) is 0 Å². The van der Waals surface area contributed by atoms with Gasteiger partial charge in [0.15, 0.2) is 11.8 Å². The Bertz CT molecular complexity index is 1430. The highest BCUT2D eigenvalue weighted by molar-refractivity contribution is 5.92. The van der Waals surface area contributed by atoms with Crippen molar-refractivity contribution >= 4 is 29.7 Å². The SMILES string of the molecule is CC[C@H](C)[C@H](NC(=O)[C@H]1CCCCN1C)C(=O)N[C@H](C[C@@H](OC(C)=O)c1nc(C(=O)N[C@@H](Cc2ccccc2)C[C@H](C)C(=O)O)co1)C(C)C. The third kappa shape index (κ3) is 12.0. The van der Waals surface area contributed by atoms with Crippen LogP contribution in [0.5, 0.6) is 0 Å². The lowest BCUT2D eigenvalue weighted by molar-refractivity contribution is -0.149. The molecule has 2 aromatic rings. The van der Waals surface area contributed by atoms with Gasteiger partial charge in [0.1, 0.15) is 12.3 Å². The molecule has 13 heteroatoms. The number of carboxylic acid groups (broad SMARTS) is 1. The first-order valence-corrected chi connectivity index (χ1v) is 17.7. The van der Waals surface area contributed by atoms with Crippen molar-refractivity contribution in [2.45, 2.75) is 117 Å². The summed E-state index contributed by atoms with van der Waals surface area (Å²) in [6.45, 7) is 11.4. The average Bonchev–Trinajstić information content (AvgIpc) is 3.57.